The summed E-state index contributed by atoms with van der Waals surface area (Å²) in [6.45, 7) is 2.76. The average Bonchev–Trinajstić information content (AvgIpc) is 2.85. The molecule has 1 aliphatic carbocycles. The Labute approximate surface area is 126 Å². The van der Waals surface area contributed by atoms with Crippen LogP contribution in [0.15, 0.2) is 0 Å². The SMILES string of the molecule is CN1CCC(CN(C)C(=O)NC2(C(=O)O)CCCCC2)C1. The fraction of sp³-hybridized carbons (Fsp3) is 0.867. The van der Waals surface area contributed by atoms with Crippen LogP contribution in [0.1, 0.15) is 38.5 Å². The molecule has 2 fully saturated rings. The fourth-order valence-electron chi connectivity index (χ4n) is 3.49. The van der Waals surface area contributed by atoms with E-state index in [0.29, 0.717) is 25.3 Å². The van der Waals surface area contributed by atoms with Crippen molar-refractivity contribution in [3.63, 3.8) is 0 Å². The lowest BCUT2D eigenvalue weighted by molar-refractivity contribution is -0.145. The van der Waals surface area contributed by atoms with Gasteiger partial charge in [0.1, 0.15) is 5.54 Å². The number of carbonyl (C=O) groups is 2. The second kappa shape index (κ2) is 6.64. The Hall–Kier alpha value is -1.30. The van der Waals surface area contributed by atoms with Gasteiger partial charge in [-0.2, -0.15) is 0 Å². The molecule has 0 aromatic carbocycles. The molecule has 2 rings (SSSR count). The van der Waals surface area contributed by atoms with Crippen molar-refractivity contribution in [2.75, 3.05) is 33.7 Å². The van der Waals surface area contributed by atoms with E-state index in [4.69, 9.17) is 0 Å². The quantitative estimate of drug-likeness (QED) is 0.822. The monoisotopic (exact) mass is 297 g/mol. The number of hydrogen-bond donors (Lipinski definition) is 2. The Morgan fingerprint density at radius 2 is 2.00 bits per heavy atom. The van der Waals surface area contributed by atoms with Gasteiger partial charge in [0, 0.05) is 20.1 Å². The first-order valence-corrected chi connectivity index (χ1v) is 7.88. The Bertz CT molecular complexity index is 394. The van der Waals surface area contributed by atoms with Gasteiger partial charge in [0.2, 0.25) is 0 Å². The molecule has 1 unspecified atom stereocenters. The van der Waals surface area contributed by atoms with Crippen molar-refractivity contribution in [1.82, 2.24) is 15.1 Å². The van der Waals surface area contributed by atoms with E-state index in [-0.39, 0.29) is 6.03 Å². The summed E-state index contributed by atoms with van der Waals surface area (Å²) in [5.74, 6) is -0.414. The van der Waals surface area contributed by atoms with Gasteiger partial charge in [-0.15, -0.1) is 0 Å². The number of hydrogen-bond acceptors (Lipinski definition) is 3. The van der Waals surface area contributed by atoms with Gasteiger partial charge in [0.05, 0.1) is 0 Å². The Morgan fingerprint density at radius 1 is 1.33 bits per heavy atom. The number of nitrogens with one attached hydrogen (secondary N) is 1. The molecular formula is C15H27N3O3. The predicted molar refractivity (Wildman–Crippen MR) is 80.2 cm³/mol. The largest absolute Gasteiger partial charge is 0.480 e. The first kappa shape index (κ1) is 16.1. The van der Waals surface area contributed by atoms with E-state index in [0.717, 1.165) is 38.8 Å². The highest BCUT2D eigenvalue weighted by Gasteiger charge is 2.41. The van der Waals surface area contributed by atoms with E-state index < -0.39 is 11.5 Å². The molecule has 2 aliphatic rings. The molecule has 1 saturated carbocycles. The third-order valence-corrected chi connectivity index (χ3v) is 4.83. The van der Waals surface area contributed by atoms with E-state index in [1.54, 1.807) is 11.9 Å². The predicted octanol–water partition coefficient (Wildman–Crippen LogP) is 1.37. The smallest absolute Gasteiger partial charge is 0.329 e. The van der Waals surface area contributed by atoms with Crippen molar-refractivity contribution in [2.45, 2.75) is 44.1 Å². The molecule has 2 N–H and O–H groups in total. The molecular weight excluding hydrogens is 270 g/mol. The van der Waals surface area contributed by atoms with Crippen LogP contribution in [-0.4, -0.2) is 66.2 Å². The Morgan fingerprint density at radius 3 is 2.52 bits per heavy atom. The van der Waals surface area contributed by atoms with Crippen LogP contribution in [0.5, 0.6) is 0 Å². The maximum atomic E-state index is 12.3. The number of carboxylic acids is 1. The molecule has 0 radical (unpaired) electrons. The summed E-state index contributed by atoms with van der Waals surface area (Å²) in [4.78, 5) is 27.8. The van der Waals surface area contributed by atoms with E-state index >= 15 is 0 Å². The summed E-state index contributed by atoms with van der Waals surface area (Å²) in [7, 11) is 3.84. The maximum absolute atomic E-state index is 12.3. The zero-order valence-electron chi connectivity index (χ0n) is 13.1. The molecule has 120 valence electrons. The number of likely N-dealkylation sites (tertiary alicyclic amines) is 1. The standard InChI is InChI=1S/C15H27N3O3/c1-17-9-6-12(10-17)11-18(2)14(21)16-15(13(19)20)7-4-3-5-8-15/h12H,3-11H2,1-2H3,(H,16,21)(H,19,20). The normalized spacial score (nSPS) is 25.5. The number of urea groups is 1. The minimum absolute atomic E-state index is 0.256. The summed E-state index contributed by atoms with van der Waals surface area (Å²) < 4.78 is 0. The molecule has 0 bridgehead atoms. The molecule has 1 aliphatic heterocycles. The highest BCUT2D eigenvalue weighted by atomic mass is 16.4. The van der Waals surface area contributed by atoms with Gasteiger partial charge in [-0.25, -0.2) is 9.59 Å². The summed E-state index contributed by atoms with van der Waals surface area (Å²) >= 11 is 0. The molecule has 1 atom stereocenters. The second-order valence-electron chi connectivity index (χ2n) is 6.68. The minimum Gasteiger partial charge on any atom is -0.480 e. The van der Waals surface area contributed by atoms with Crippen LogP contribution in [0.4, 0.5) is 4.79 Å². The van der Waals surface area contributed by atoms with E-state index in [1.165, 1.54) is 0 Å². The van der Waals surface area contributed by atoms with Crippen molar-refractivity contribution in [1.29, 1.82) is 0 Å². The van der Waals surface area contributed by atoms with Crippen molar-refractivity contribution in [3.8, 4) is 0 Å². The number of rotatable bonds is 4. The van der Waals surface area contributed by atoms with Crippen LogP contribution < -0.4 is 5.32 Å². The van der Waals surface area contributed by atoms with Crippen molar-refractivity contribution in [3.05, 3.63) is 0 Å². The topological polar surface area (TPSA) is 72.9 Å². The first-order chi connectivity index (χ1) is 9.93. The number of nitrogens with zero attached hydrogens (tertiary/aromatic N) is 2. The van der Waals surface area contributed by atoms with Crippen LogP contribution in [0, 0.1) is 5.92 Å². The molecule has 0 aromatic rings. The van der Waals surface area contributed by atoms with Gasteiger partial charge in [-0.05, 0) is 38.8 Å². The molecule has 6 heteroatoms. The Kier molecular flexibility index (Phi) is 5.08. The second-order valence-corrected chi connectivity index (χ2v) is 6.68. The van der Waals surface area contributed by atoms with Gasteiger partial charge in [-0.1, -0.05) is 19.3 Å². The lowest BCUT2D eigenvalue weighted by Crippen LogP contribution is -2.58. The van der Waals surface area contributed by atoms with Crippen LogP contribution in [0.3, 0.4) is 0 Å². The molecule has 2 amide bonds. The molecule has 0 aromatic heterocycles. The zero-order valence-corrected chi connectivity index (χ0v) is 13.1. The summed E-state index contributed by atoms with van der Waals surface area (Å²) in [5.41, 5.74) is -1.06. The van der Waals surface area contributed by atoms with Gasteiger partial charge in [0.25, 0.3) is 0 Å². The van der Waals surface area contributed by atoms with E-state index in [9.17, 15) is 14.7 Å². The highest BCUT2D eigenvalue weighted by molar-refractivity contribution is 5.86. The summed E-state index contributed by atoms with van der Waals surface area (Å²) in [5, 5.41) is 12.3. The lowest BCUT2D eigenvalue weighted by atomic mass is 9.82. The van der Waals surface area contributed by atoms with Crippen molar-refractivity contribution in [2.24, 2.45) is 5.92 Å². The molecule has 0 spiro atoms. The van der Waals surface area contributed by atoms with E-state index in [1.807, 2.05) is 0 Å². The number of amides is 2. The van der Waals surface area contributed by atoms with Crippen molar-refractivity contribution < 1.29 is 14.7 Å². The van der Waals surface area contributed by atoms with E-state index in [2.05, 4.69) is 17.3 Å². The Balaban J connectivity index is 1.90. The summed E-state index contributed by atoms with van der Waals surface area (Å²) in [6.07, 6.45) is 4.95. The third-order valence-electron chi connectivity index (χ3n) is 4.83. The van der Waals surface area contributed by atoms with Crippen LogP contribution in [0.25, 0.3) is 0 Å². The highest BCUT2D eigenvalue weighted by Crippen LogP contribution is 2.28. The molecule has 6 nitrogen and oxygen atoms in total. The number of carboxylic acid groups (broad SMARTS) is 1. The fourth-order valence-corrected chi connectivity index (χ4v) is 3.49. The summed E-state index contributed by atoms with van der Waals surface area (Å²) in [6, 6.07) is -0.256. The van der Waals surface area contributed by atoms with Crippen LogP contribution in [0.2, 0.25) is 0 Å². The van der Waals surface area contributed by atoms with Gasteiger partial charge in [0.15, 0.2) is 0 Å². The minimum atomic E-state index is -1.06. The first-order valence-electron chi connectivity index (χ1n) is 7.88. The van der Waals surface area contributed by atoms with Crippen LogP contribution >= 0.6 is 0 Å². The number of aliphatic carboxylic acids is 1. The lowest BCUT2D eigenvalue weighted by Gasteiger charge is -2.35. The van der Waals surface area contributed by atoms with Gasteiger partial charge >= 0.3 is 12.0 Å². The van der Waals surface area contributed by atoms with Crippen LogP contribution in [-0.2, 0) is 4.79 Å². The maximum Gasteiger partial charge on any atom is 0.329 e. The molecule has 21 heavy (non-hydrogen) atoms. The molecule has 1 heterocycles. The number of carbonyl (C=O) groups excluding carboxylic acids is 1. The third kappa shape index (κ3) is 3.87. The van der Waals surface area contributed by atoms with Gasteiger partial charge < -0.3 is 20.2 Å². The zero-order chi connectivity index (χ0) is 15.5. The van der Waals surface area contributed by atoms with Gasteiger partial charge in [-0.3, -0.25) is 0 Å². The van der Waals surface area contributed by atoms with Crippen molar-refractivity contribution >= 4 is 12.0 Å². The average molecular weight is 297 g/mol. The molecule has 1 saturated heterocycles.